The van der Waals surface area contributed by atoms with Crippen molar-refractivity contribution in [1.29, 1.82) is 0 Å². The van der Waals surface area contributed by atoms with Crippen LogP contribution in [0.25, 0.3) is 11.5 Å². The highest BCUT2D eigenvalue weighted by atomic mass is 19.4. The summed E-state index contributed by atoms with van der Waals surface area (Å²) in [6.45, 7) is 1.93. The molecule has 1 atom stereocenters. The number of aromatic nitrogens is 1. The molecule has 0 fully saturated rings. The Kier molecular flexibility index (Phi) is 5.03. The van der Waals surface area contributed by atoms with E-state index in [9.17, 15) is 18.0 Å². The number of benzene rings is 2. The Labute approximate surface area is 170 Å². The number of oxazole rings is 1. The molecule has 1 aromatic heterocycles. The van der Waals surface area contributed by atoms with Crippen molar-refractivity contribution in [2.75, 3.05) is 16.9 Å². The van der Waals surface area contributed by atoms with Gasteiger partial charge in [-0.25, -0.2) is 9.99 Å². The van der Waals surface area contributed by atoms with E-state index in [1.165, 1.54) is 18.4 Å². The molecule has 0 saturated carbocycles. The van der Waals surface area contributed by atoms with Crippen LogP contribution in [-0.4, -0.2) is 23.1 Å². The number of alkyl halides is 3. The van der Waals surface area contributed by atoms with E-state index in [4.69, 9.17) is 4.42 Å². The third kappa shape index (κ3) is 3.91. The first-order valence-electron chi connectivity index (χ1n) is 9.13. The molecule has 0 radical (unpaired) electrons. The predicted octanol–water partition coefficient (Wildman–Crippen LogP) is 4.81. The van der Waals surface area contributed by atoms with Gasteiger partial charge >= 0.3 is 6.18 Å². The van der Waals surface area contributed by atoms with Crippen LogP contribution in [-0.2, 0) is 11.0 Å². The highest BCUT2D eigenvalue weighted by Gasteiger charge is 2.36. The van der Waals surface area contributed by atoms with E-state index in [2.05, 4.69) is 15.4 Å². The molecule has 1 aliphatic heterocycles. The zero-order chi connectivity index (χ0) is 21.3. The van der Waals surface area contributed by atoms with Crippen LogP contribution in [0, 0.1) is 5.92 Å². The number of anilines is 2. The largest absolute Gasteiger partial charge is 0.445 e. The Balaban J connectivity index is 1.48. The lowest BCUT2D eigenvalue weighted by atomic mass is 10.0. The van der Waals surface area contributed by atoms with Crippen molar-refractivity contribution >= 4 is 23.0 Å². The van der Waals surface area contributed by atoms with Gasteiger partial charge in [-0.05, 0) is 43.3 Å². The van der Waals surface area contributed by atoms with E-state index in [0.29, 0.717) is 11.6 Å². The minimum atomic E-state index is -4.49. The summed E-state index contributed by atoms with van der Waals surface area (Å²) in [7, 11) is 0. The molecular weight excluding hydrogens is 397 g/mol. The first-order chi connectivity index (χ1) is 14.3. The van der Waals surface area contributed by atoms with Gasteiger partial charge in [-0.15, -0.1) is 0 Å². The van der Waals surface area contributed by atoms with Gasteiger partial charge in [-0.2, -0.15) is 18.3 Å². The van der Waals surface area contributed by atoms with Crippen LogP contribution in [0.2, 0.25) is 0 Å². The lowest BCUT2D eigenvalue weighted by Gasteiger charge is -2.17. The Morgan fingerprint density at radius 3 is 2.70 bits per heavy atom. The Morgan fingerprint density at radius 2 is 1.97 bits per heavy atom. The fourth-order valence-corrected chi connectivity index (χ4v) is 3.19. The Bertz CT molecular complexity index is 1090. The van der Waals surface area contributed by atoms with Crippen LogP contribution in [0.5, 0.6) is 0 Å². The van der Waals surface area contributed by atoms with Crippen molar-refractivity contribution < 1.29 is 22.4 Å². The van der Waals surface area contributed by atoms with Gasteiger partial charge in [0.25, 0.3) is 5.91 Å². The zero-order valence-electron chi connectivity index (χ0n) is 15.8. The average Bonchev–Trinajstić information content (AvgIpc) is 3.35. The monoisotopic (exact) mass is 414 g/mol. The molecule has 1 aliphatic rings. The summed E-state index contributed by atoms with van der Waals surface area (Å²) >= 11 is 0. The van der Waals surface area contributed by atoms with Crippen molar-refractivity contribution in [3.05, 3.63) is 66.6 Å². The Morgan fingerprint density at radius 1 is 1.17 bits per heavy atom. The molecule has 1 amide bonds. The number of hydrogen-bond donors (Lipinski definition) is 1. The van der Waals surface area contributed by atoms with Crippen LogP contribution in [0.15, 0.2) is 70.5 Å². The van der Waals surface area contributed by atoms with Crippen LogP contribution in [0.1, 0.15) is 12.5 Å². The maximum absolute atomic E-state index is 13.0. The minimum absolute atomic E-state index is 0.0857. The highest BCUT2D eigenvalue weighted by molar-refractivity contribution is 6.15. The van der Waals surface area contributed by atoms with Gasteiger partial charge in [0.2, 0.25) is 5.89 Å². The van der Waals surface area contributed by atoms with Crippen molar-refractivity contribution in [2.45, 2.75) is 13.1 Å². The number of amides is 1. The maximum atomic E-state index is 13.0. The standard InChI is InChI=1S/C21H17F3N4O2/c1-13-18(12-26-16-6-2-4-14(10-16)19-25-8-9-30-19)20(29)28(27-13)17-7-3-5-15(11-17)21(22,23)24/h2-11,18,26H,12H2,1H3. The van der Waals surface area contributed by atoms with Gasteiger partial charge in [0.15, 0.2) is 0 Å². The molecule has 30 heavy (non-hydrogen) atoms. The predicted molar refractivity (Wildman–Crippen MR) is 106 cm³/mol. The van der Waals surface area contributed by atoms with E-state index >= 15 is 0 Å². The van der Waals surface area contributed by atoms with E-state index in [1.54, 1.807) is 13.1 Å². The van der Waals surface area contributed by atoms with Crippen LogP contribution < -0.4 is 10.3 Å². The third-order valence-corrected chi connectivity index (χ3v) is 4.74. The van der Waals surface area contributed by atoms with Crippen molar-refractivity contribution in [3.8, 4) is 11.5 Å². The van der Waals surface area contributed by atoms with Gasteiger partial charge in [0.05, 0.1) is 29.1 Å². The first kappa shape index (κ1) is 19.7. The third-order valence-electron chi connectivity index (χ3n) is 4.74. The smallest absolute Gasteiger partial charge is 0.416 e. The number of halogens is 3. The molecule has 1 unspecified atom stereocenters. The van der Waals surface area contributed by atoms with Crippen molar-refractivity contribution in [3.63, 3.8) is 0 Å². The summed E-state index contributed by atoms with van der Waals surface area (Å²) in [5.74, 6) is -0.503. The van der Waals surface area contributed by atoms with E-state index < -0.39 is 17.7 Å². The number of hydrogen-bond acceptors (Lipinski definition) is 5. The number of nitrogens with one attached hydrogen (secondary N) is 1. The molecule has 9 heteroatoms. The Hall–Kier alpha value is -3.62. The number of carbonyl (C=O) groups excluding carboxylic acids is 1. The van der Waals surface area contributed by atoms with Gasteiger partial charge < -0.3 is 9.73 Å². The van der Waals surface area contributed by atoms with Gasteiger partial charge in [-0.3, -0.25) is 4.79 Å². The molecule has 0 spiro atoms. The minimum Gasteiger partial charge on any atom is -0.445 e. The first-order valence-corrected chi connectivity index (χ1v) is 9.13. The fraction of sp³-hybridized carbons (Fsp3) is 0.190. The summed E-state index contributed by atoms with van der Waals surface area (Å²) in [6.07, 6.45) is -1.46. The van der Waals surface area contributed by atoms with Crippen LogP contribution >= 0.6 is 0 Å². The van der Waals surface area contributed by atoms with E-state index in [1.807, 2.05) is 24.3 Å². The topological polar surface area (TPSA) is 70.7 Å². The van der Waals surface area contributed by atoms with Crippen LogP contribution in [0.4, 0.5) is 24.5 Å². The molecule has 154 valence electrons. The summed E-state index contributed by atoms with van der Waals surface area (Å²) in [6, 6.07) is 11.9. The quantitative estimate of drug-likeness (QED) is 0.650. The lowest BCUT2D eigenvalue weighted by Crippen LogP contribution is -2.31. The second kappa shape index (κ2) is 7.66. The van der Waals surface area contributed by atoms with E-state index in [-0.39, 0.29) is 18.1 Å². The molecule has 3 aromatic rings. The normalized spacial score (nSPS) is 16.7. The molecule has 4 rings (SSSR count). The molecular formula is C21H17F3N4O2. The van der Waals surface area contributed by atoms with E-state index in [0.717, 1.165) is 28.4 Å². The summed E-state index contributed by atoms with van der Waals surface area (Å²) in [4.78, 5) is 16.9. The molecule has 2 aromatic carbocycles. The SMILES string of the molecule is CC1=NN(c2cccc(C(F)(F)F)c2)C(=O)C1CNc1cccc(-c2ncco2)c1. The molecule has 1 N–H and O–H groups in total. The fourth-order valence-electron chi connectivity index (χ4n) is 3.19. The number of nitrogens with zero attached hydrogens (tertiary/aromatic N) is 3. The zero-order valence-corrected chi connectivity index (χ0v) is 15.8. The van der Waals surface area contributed by atoms with Gasteiger partial charge in [0, 0.05) is 17.8 Å². The second-order valence-corrected chi connectivity index (χ2v) is 6.79. The molecule has 6 nitrogen and oxygen atoms in total. The van der Waals surface area contributed by atoms with Gasteiger partial charge in [-0.1, -0.05) is 12.1 Å². The van der Waals surface area contributed by atoms with Crippen LogP contribution in [0.3, 0.4) is 0 Å². The summed E-state index contributed by atoms with van der Waals surface area (Å²) in [5.41, 5.74) is 1.31. The number of carbonyl (C=O) groups is 1. The summed E-state index contributed by atoms with van der Waals surface area (Å²) < 4.78 is 44.2. The molecule has 0 aliphatic carbocycles. The molecule has 0 saturated heterocycles. The summed E-state index contributed by atoms with van der Waals surface area (Å²) in [5, 5.41) is 8.39. The van der Waals surface area contributed by atoms with Crippen molar-refractivity contribution in [2.24, 2.45) is 11.0 Å². The molecule has 0 bridgehead atoms. The number of rotatable bonds is 5. The second-order valence-electron chi connectivity index (χ2n) is 6.79. The van der Waals surface area contributed by atoms with Gasteiger partial charge in [0.1, 0.15) is 6.26 Å². The average molecular weight is 414 g/mol. The van der Waals surface area contributed by atoms with Crippen molar-refractivity contribution in [1.82, 2.24) is 4.98 Å². The lowest BCUT2D eigenvalue weighted by molar-refractivity contribution is -0.137. The number of hydrazone groups is 1. The molecule has 2 heterocycles. The maximum Gasteiger partial charge on any atom is 0.416 e. The highest BCUT2D eigenvalue weighted by Crippen LogP contribution is 2.33.